The maximum atomic E-state index is 11.9. The fraction of sp³-hybridized carbons (Fsp3) is 0.923. The highest BCUT2D eigenvalue weighted by molar-refractivity contribution is 5.81. The standard InChI is InChI=1S/C13H25NO/c1-3-14(4-2)11-10-13(15)12-8-6-5-7-9-12/h12H,3-11H2,1-2H3. The van der Waals surface area contributed by atoms with Gasteiger partial charge in [-0.15, -0.1) is 0 Å². The van der Waals surface area contributed by atoms with Gasteiger partial charge in [0.2, 0.25) is 0 Å². The maximum absolute atomic E-state index is 11.9. The van der Waals surface area contributed by atoms with Crippen LogP contribution in [0.1, 0.15) is 52.4 Å². The van der Waals surface area contributed by atoms with Crippen molar-refractivity contribution in [1.82, 2.24) is 4.90 Å². The van der Waals surface area contributed by atoms with Gasteiger partial charge >= 0.3 is 0 Å². The third-order valence-corrected chi connectivity index (χ3v) is 3.63. The van der Waals surface area contributed by atoms with E-state index in [1.54, 1.807) is 0 Å². The molecule has 2 nitrogen and oxygen atoms in total. The summed E-state index contributed by atoms with van der Waals surface area (Å²) in [6.45, 7) is 7.41. The van der Waals surface area contributed by atoms with E-state index in [1.807, 2.05) is 0 Å². The zero-order chi connectivity index (χ0) is 11.1. The lowest BCUT2D eigenvalue weighted by atomic mass is 9.85. The molecule has 1 rings (SSSR count). The van der Waals surface area contributed by atoms with Crippen molar-refractivity contribution in [3.63, 3.8) is 0 Å². The largest absolute Gasteiger partial charge is 0.303 e. The number of carbonyl (C=O) groups is 1. The fourth-order valence-corrected chi connectivity index (χ4v) is 2.44. The molecule has 1 aliphatic rings. The molecule has 0 aliphatic heterocycles. The van der Waals surface area contributed by atoms with Crippen LogP contribution in [-0.2, 0) is 4.79 Å². The summed E-state index contributed by atoms with van der Waals surface area (Å²) in [5.41, 5.74) is 0. The average molecular weight is 211 g/mol. The first-order valence-corrected chi connectivity index (χ1v) is 6.53. The lowest BCUT2D eigenvalue weighted by molar-refractivity contribution is -0.124. The van der Waals surface area contributed by atoms with Crippen molar-refractivity contribution in [3.8, 4) is 0 Å². The van der Waals surface area contributed by atoms with E-state index in [1.165, 1.54) is 19.3 Å². The second kappa shape index (κ2) is 7.00. The van der Waals surface area contributed by atoms with Crippen molar-refractivity contribution in [2.24, 2.45) is 5.92 Å². The van der Waals surface area contributed by atoms with Gasteiger partial charge in [-0.3, -0.25) is 4.79 Å². The predicted octanol–water partition coefficient (Wildman–Crippen LogP) is 2.87. The fourth-order valence-electron chi connectivity index (χ4n) is 2.44. The summed E-state index contributed by atoms with van der Waals surface area (Å²) in [5.74, 6) is 0.913. The summed E-state index contributed by atoms with van der Waals surface area (Å²) >= 11 is 0. The normalized spacial score (nSPS) is 18.3. The van der Waals surface area contributed by atoms with Gasteiger partial charge in [0.15, 0.2) is 0 Å². The van der Waals surface area contributed by atoms with Crippen LogP contribution in [0.2, 0.25) is 0 Å². The predicted molar refractivity (Wildman–Crippen MR) is 64.0 cm³/mol. The Morgan fingerprint density at radius 1 is 1.13 bits per heavy atom. The van der Waals surface area contributed by atoms with Crippen molar-refractivity contribution in [2.75, 3.05) is 19.6 Å². The highest BCUT2D eigenvalue weighted by Gasteiger charge is 2.20. The first-order valence-electron chi connectivity index (χ1n) is 6.53. The van der Waals surface area contributed by atoms with Crippen molar-refractivity contribution in [2.45, 2.75) is 52.4 Å². The molecular weight excluding hydrogens is 186 g/mol. The Morgan fingerprint density at radius 2 is 1.73 bits per heavy atom. The van der Waals surface area contributed by atoms with Crippen molar-refractivity contribution in [1.29, 1.82) is 0 Å². The molecule has 0 aromatic rings. The van der Waals surface area contributed by atoms with Gasteiger partial charge < -0.3 is 4.90 Å². The molecule has 1 saturated carbocycles. The molecule has 0 N–H and O–H groups in total. The van der Waals surface area contributed by atoms with E-state index >= 15 is 0 Å². The van der Waals surface area contributed by atoms with Gasteiger partial charge in [0.25, 0.3) is 0 Å². The molecule has 0 aromatic carbocycles. The van der Waals surface area contributed by atoms with Crippen LogP contribution in [0.4, 0.5) is 0 Å². The first kappa shape index (κ1) is 12.7. The van der Waals surface area contributed by atoms with Gasteiger partial charge in [-0.05, 0) is 25.9 Å². The van der Waals surface area contributed by atoms with Crippen LogP contribution in [0, 0.1) is 5.92 Å². The van der Waals surface area contributed by atoms with Crippen molar-refractivity contribution in [3.05, 3.63) is 0 Å². The van der Waals surface area contributed by atoms with Crippen LogP contribution in [0.5, 0.6) is 0 Å². The molecule has 2 heteroatoms. The minimum absolute atomic E-state index is 0.398. The highest BCUT2D eigenvalue weighted by atomic mass is 16.1. The Morgan fingerprint density at radius 3 is 2.27 bits per heavy atom. The topological polar surface area (TPSA) is 20.3 Å². The third-order valence-electron chi connectivity index (χ3n) is 3.63. The molecule has 0 heterocycles. The van der Waals surface area contributed by atoms with Gasteiger partial charge in [0.05, 0.1) is 0 Å². The SMILES string of the molecule is CCN(CC)CCC(=O)C1CCCCC1. The second-order valence-electron chi connectivity index (χ2n) is 4.58. The first-order chi connectivity index (χ1) is 7.27. The molecule has 0 radical (unpaired) electrons. The Balaban J connectivity index is 2.22. The zero-order valence-electron chi connectivity index (χ0n) is 10.3. The van der Waals surface area contributed by atoms with E-state index < -0.39 is 0 Å². The molecule has 0 aromatic heterocycles. The molecule has 15 heavy (non-hydrogen) atoms. The van der Waals surface area contributed by atoms with Crippen LogP contribution in [0.3, 0.4) is 0 Å². The smallest absolute Gasteiger partial charge is 0.137 e. The van der Waals surface area contributed by atoms with Gasteiger partial charge in [-0.1, -0.05) is 33.1 Å². The van der Waals surface area contributed by atoms with Crippen molar-refractivity contribution < 1.29 is 4.79 Å². The second-order valence-corrected chi connectivity index (χ2v) is 4.58. The van der Waals surface area contributed by atoms with Crippen LogP contribution in [0.15, 0.2) is 0 Å². The van der Waals surface area contributed by atoms with E-state index in [2.05, 4.69) is 18.7 Å². The van der Waals surface area contributed by atoms with Crippen LogP contribution in [0.25, 0.3) is 0 Å². The molecular formula is C13H25NO. The number of ketones is 1. The average Bonchev–Trinajstić information content (AvgIpc) is 2.31. The maximum Gasteiger partial charge on any atom is 0.137 e. The Labute approximate surface area is 94.0 Å². The molecule has 0 amide bonds. The molecule has 88 valence electrons. The Hall–Kier alpha value is -0.370. The lowest BCUT2D eigenvalue weighted by Crippen LogP contribution is -2.28. The summed E-state index contributed by atoms with van der Waals surface area (Å²) < 4.78 is 0. The molecule has 0 bridgehead atoms. The Bertz CT molecular complexity index is 181. The minimum Gasteiger partial charge on any atom is -0.303 e. The summed E-state index contributed by atoms with van der Waals surface area (Å²) in [6.07, 6.45) is 6.93. The van der Waals surface area contributed by atoms with Crippen molar-refractivity contribution >= 4 is 5.78 Å². The summed E-state index contributed by atoms with van der Waals surface area (Å²) in [4.78, 5) is 14.2. The van der Waals surface area contributed by atoms with Gasteiger partial charge in [0.1, 0.15) is 5.78 Å². The number of nitrogens with zero attached hydrogens (tertiary/aromatic N) is 1. The molecule has 1 aliphatic carbocycles. The molecule has 0 atom stereocenters. The highest BCUT2D eigenvalue weighted by Crippen LogP contribution is 2.25. The van der Waals surface area contributed by atoms with E-state index in [9.17, 15) is 4.79 Å². The summed E-state index contributed by atoms with van der Waals surface area (Å²) in [7, 11) is 0. The lowest BCUT2D eigenvalue weighted by Gasteiger charge is -2.22. The number of rotatable bonds is 6. The quantitative estimate of drug-likeness (QED) is 0.673. The van der Waals surface area contributed by atoms with E-state index in [0.717, 1.165) is 38.9 Å². The van der Waals surface area contributed by atoms with Gasteiger partial charge in [-0.2, -0.15) is 0 Å². The molecule has 1 fully saturated rings. The van der Waals surface area contributed by atoms with E-state index in [0.29, 0.717) is 11.7 Å². The van der Waals surface area contributed by atoms with Crippen LogP contribution in [-0.4, -0.2) is 30.3 Å². The Kier molecular flexibility index (Phi) is 5.92. The number of Topliss-reactive ketones (excluding diaryl/α,β-unsaturated/α-hetero) is 1. The molecule has 0 saturated heterocycles. The monoisotopic (exact) mass is 211 g/mol. The number of carbonyl (C=O) groups excluding carboxylic acids is 1. The number of hydrogen-bond donors (Lipinski definition) is 0. The summed E-state index contributed by atoms with van der Waals surface area (Å²) in [5, 5.41) is 0. The summed E-state index contributed by atoms with van der Waals surface area (Å²) in [6, 6.07) is 0. The van der Waals surface area contributed by atoms with Crippen LogP contribution < -0.4 is 0 Å². The van der Waals surface area contributed by atoms with Crippen LogP contribution >= 0.6 is 0 Å². The minimum atomic E-state index is 0.398. The molecule has 0 spiro atoms. The molecule has 0 unspecified atom stereocenters. The van der Waals surface area contributed by atoms with E-state index in [4.69, 9.17) is 0 Å². The number of hydrogen-bond acceptors (Lipinski definition) is 2. The van der Waals surface area contributed by atoms with E-state index in [-0.39, 0.29) is 0 Å². The van der Waals surface area contributed by atoms with Gasteiger partial charge in [-0.25, -0.2) is 0 Å². The third kappa shape index (κ3) is 4.33. The van der Waals surface area contributed by atoms with Gasteiger partial charge in [0, 0.05) is 18.9 Å². The zero-order valence-corrected chi connectivity index (χ0v) is 10.3.